The van der Waals surface area contributed by atoms with Gasteiger partial charge in [-0.3, -0.25) is 9.69 Å². The van der Waals surface area contributed by atoms with Gasteiger partial charge in [0.05, 0.1) is 22.8 Å². The Morgan fingerprint density at radius 3 is 2.83 bits per heavy atom. The molecule has 2 heterocycles. The molecule has 0 spiro atoms. The van der Waals surface area contributed by atoms with Crippen molar-refractivity contribution < 1.29 is 4.79 Å². The van der Waals surface area contributed by atoms with Gasteiger partial charge in [-0.25, -0.2) is 4.98 Å². The first-order chi connectivity index (χ1) is 11.7. The Hall–Kier alpha value is -1.85. The third-order valence-corrected chi connectivity index (χ3v) is 5.00. The minimum absolute atomic E-state index is 0.0442. The number of carbonyl (C=O) groups excluding carboxylic acids is 1. The van der Waals surface area contributed by atoms with E-state index in [1.54, 1.807) is 18.0 Å². The number of anilines is 1. The van der Waals surface area contributed by atoms with E-state index in [0.29, 0.717) is 0 Å². The van der Waals surface area contributed by atoms with Gasteiger partial charge < -0.3 is 5.32 Å². The van der Waals surface area contributed by atoms with Crippen LogP contribution in [0.15, 0.2) is 53.7 Å². The van der Waals surface area contributed by atoms with Gasteiger partial charge >= 0.3 is 0 Å². The lowest BCUT2D eigenvalue weighted by Crippen LogP contribution is -2.40. The fourth-order valence-corrected chi connectivity index (χ4v) is 3.44. The maximum Gasteiger partial charge on any atom is 0.228 e. The maximum atomic E-state index is 12.5. The second kappa shape index (κ2) is 8.31. The van der Waals surface area contributed by atoms with Crippen LogP contribution in [0.5, 0.6) is 0 Å². The number of amides is 1. The van der Waals surface area contributed by atoms with Crippen molar-refractivity contribution in [1.29, 1.82) is 0 Å². The molecule has 0 bridgehead atoms. The van der Waals surface area contributed by atoms with Crippen molar-refractivity contribution in [2.75, 3.05) is 24.7 Å². The zero-order valence-corrected chi connectivity index (χ0v) is 14.8. The summed E-state index contributed by atoms with van der Waals surface area (Å²) >= 11 is 1.60. The highest BCUT2D eigenvalue weighted by molar-refractivity contribution is 7.98. The van der Waals surface area contributed by atoms with E-state index >= 15 is 0 Å². The highest BCUT2D eigenvalue weighted by Crippen LogP contribution is 2.21. The van der Waals surface area contributed by atoms with E-state index in [4.69, 9.17) is 0 Å². The Kier molecular flexibility index (Phi) is 5.88. The predicted molar refractivity (Wildman–Crippen MR) is 99.1 cm³/mol. The Labute approximate surface area is 147 Å². The van der Waals surface area contributed by atoms with Gasteiger partial charge in [-0.1, -0.05) is 30.3 Å². The fourth-order valence-electron chi connectivity index (χ4n) is 3.07. The van der Waals surface area contributed by atoms with Crippen LogP contribution in [0.25, 0.3) is 0 Å². The third kappa shape index (κ3) is 4.58. The smallest absolute Gasteiger partial charge is 0.228 e. The monoisotopic (exact) mass is 341 g/mol. The topological polar surface area (TPSA) is 45.2 Å². The second-order valence-corrected chi connectivity index (χ2v) is 6.96. The summed E-state index contributed by atoms with van der Waals surface area (Å²) in [6.07, 6.45) is 5.74. The number of hydrogen-bond acceptors (Lipinski definition) is 4. The molecule has 1 aliphatic rings. The van der Waals surface area contributed by atoms with E-state index in [1.165, 1.54) is 5.56 Å². The molecule has 4 nitrogen and oxygen atoms in total. The van der Waals surface area contributed by atoms with Crippen LogP contribution in [0, 0.1) is 5.92 Å². The van der Waals surface area contributed by atoms with Crippen LogP contribution in [-0.4, -0.2) is 35.1 Å². The molecule has 126 valence electrons. The van der Waals surface area contributed by atoms with Crippen LogP contribution in [0.4, 0.5) is 5.69 Å². The first-order valence-electron chi connectivity index (χ1n) is 8.32. The summed E-state index contributed by atoms with van der Waals surface area (Å²) in [5.41, 5.74) is 2.08. The van der Waals surface area contributed by atoms with E-state index in [-0.39, 0.29) is 11.8 Å². The van der Waals surface area contributed by atoms with Crippen molar-refractivity contribution in [2.24, 2.45) is 5.92 Å². The average Bonchev–Trinajstić information content (AvgIpc) is 2.63. The van der Waals surface area contributed by atoms with Crippen molar-refractivity contribution in [2.45, 2.75) is 24.4 Å². The molecule has 0 aliphatic carbocycles. The lowest BCUT2D eigenvalue weighted by Gasteiger charge is -2.32. The summed E-state index contributed by atoms with van der Waals surface area (Å²) in [5.74, 6) is 0.147. The molecule has 1 amide bonds. The average molecular weight is 341 g/mol. The highest BCUT2D eigenvalue weighted by atomic mass is 32.2. The zero-order chi connectivity index (χ0) is 16.8. The van der Waals surface area contributed by atoms with Gasteiger partial charge in [-0.05, 0) is 43.3 Å². The second-order valence-electron chi connectivity index (χ2n) is 6.14. The number of hydrogen-bond donors (Lipinski definition) is 1. The summed E-state index contributed by atoms with van der Waals surface area (Å²) < 4.78 is 0. The number of nitrogens with one attached hydrogen (secondary N) is 1. The van der Waals surface area contributed by atoms with Crippen LogP contribution in [-0.2, 0) is 11.3 Å². The molecule has 0 radical (unpaired) electrons. The number of likely N-dealkylation sites (tertiary alicyclic amines) is 1. The number of piperidine rings is 1. The van der Waals surface area contributed by atoms with E-state index in [2.05, 4.69) is 39.5 Å². The molecular formula is C19H23N3OS. The van der Waals surface area contributed by atoms with Crippen LogP contribution < -0.4 is 5.32 Å². The molecule has 2 aromatic rings. The Morgan fingerprint density at radius 1 is 1.29 bits per heavy atom. The molecule has 1 N–H and O–H groups in total. The molecule has 1 unspecified atom stereocenters. The van der Waals surface area contributed by atoms with Crippen molar-refractivity contribution in [1.82, 2.24) is 9.88 Å². The number of thioether (sulfide) groups is 1. The number of benzene rings is 1. The molecule has 24 heavy (non-hydrogen) atoms. The number of aromatic nitrogens is 1. The lowest BCUT2D eigenvalue weighted by molar-refractivity contribution is -0.121. The van der Waals surface area contributed by atoms with Crippen LogP contribution in [0.1, 0.15) is 18.4 Å². The molecule has 3 rings (SSSR count). The largest absolute Gasteiger partial charge is 0.324 e. The molecule has 1 aliphatic heterocycles. The standard InChI is InChI=1S/C19H23N3OS/c1-24-18-10-9-17(12-20-18)21-19(23)16-8-5-11-22(14-16)13-15-6-3-2-4-7-15/h2-4,6-7,9-10,12,16H,5,8,11,13-14H2,1H3,(H,21,23). The fraction of sp³-hybridized carbons (Fsp3) is 0.368. The van der Waals surface area contributed by atoms with E-state index in [9.17, 15) is 4.79 Å². The normalized spacial score (nSPS) is 18.3. The molecular weight excluding hydrogens is 318 g/mol. The van der Waals surface area contributed by atoms with Crippen molar-refractivity contribution in [3.8, 4) is 0 Å². The van der Waals surface area contributed by atoms with Gasteiger partial charge in [-0.15, -0.1) is 11.8 Å². The number of pyridine rings is 1. The Bertz CT molecular complexity index is 660. The van der Waals surface area contributed by atoms with Gasteiger partial charge in [0.2, 0.25) is 5.91 Å². The summed E-state index contributed by atoms with van der Waals surface area (Å²) in [5, 5.41) is 3.97. The lowest BCUT2D eigenvalue weighted by atomic mass is 9.96. The van der Waals surface area contributed by atoms with Gasteiger partial charge in [-0.2, -0.15) is 0 Å². The first kappa shape index (κ1) is 17.0. The molecule has 0 saturated carbocycles. The molecule has 1 fully saturated rings. The highest BCUT2D eigenvalue weighted by Gasteiger charge is 2.25. The van der Waals surface area contributed by atoms with E-state index in [0.717, 1.165) is 43.2 Å². The van der Waals surface area contributed by atoms with Gasteiger partial charge in [0, 0.05) is 13.1 Å². The SMILES string of the molecule is CSc1ccc(NC(=O)C2CCCN(Cc3ccccc3)C2)cn1. The first-order valence-corrected chi connectivity index (χ1v) is 9.54. The number of rotatable bonds is 5. The summed E-state index contributed by atoms with van der Waals surface area (Å²) in [6.45, 7) is 2.79. The summed E-state index contributed by atoms with van der Waals surface area (Å²) in [6, 6.07) is 14.3. The number of carbonyl (C=O) groups is 1. The predicted octanol–water partition coefficient (Wildman–Crippen LogP) is 3.65. The Morgan fingerprint density at radius 2 is 2.12 bits per heavy atom. The number of nitrogens with zero attached hydrogens (tertiary/aromatic N) is 2. The van der Waals surface area contributed by atoms with Crippen LogP contribution in [0.3, 0.4) is 0 Å². The van der Waals surface area contributed by atoms with E-state index < -0.39 is 0 Å². The van der Waals surface area contributed by atoms with Crippen LogP contribution in [0.2, 0.25) is 0 Å². The summed E-state index contributed by atoms with van der Waals surface area (Å²) in [4.78, 5) is 19.2. The Balaban J connectivity index is 1.56. The minimum Gasteiger partial charge on any atom is -0.324 e. The molecule has 1 atom stereocenters. The molecule has 1 saturated heterocycles. The molecule has 1 aromatic carbocycles. The third-order valence-electron chi connectivity index (χ3n) is 4.34. The van der Waals surface area contributed by atoms with Crippen molar-refractivity contribution >= 4 is 23.4 Å². The van der Waals surface area contributed by atoms with Crippen molar-refractivity contribution in [3.05, 3.63) is 54.2 Å². The maximum absolute atomic E-state index is 12.5. The van der Waals surface area contributed by atoms with Gasteiger partial charge in [0.15, 0.2) is 0 Å². The van der Waals surface area contributed by atoms with Crippen LogP contribution >= 0.6 is 11.8 Å². The van der Waals surface area contributed by atoms with Crippen molar-refractivity contribution in [3.63, 3.8) is 0 Å². The van der Waals surface area contributed by atoms with Gasteiger partial charge in [0.1, 0.15) is 0 Å². The molecule has 5 heteroatoms. The van der Waals surface area contributed by atoms with Gasteiger partial charge in [0.25, 0.3) is 0 Å². The molecule has 1 aromatic heterocycles. The van der Waals surface area contributed by atoms with E-state index in [1.807, 2.05) is 24.5 Å². The zero-order valence-electron chi connectivity index (χ0n) is 13.9. The minimum atomic E-state index is 0.0442. The summed E-state index contributed by atoms with van der Waals surface area (Å²) in [7, 11) is 0. The quantitative estimate of drug-likeness (QED) is 0.843.